The number of hydrogen-bond donors (Lipinski definition) is 3. The zero-order valence-corrected chi connectivity index (χ0v) is 15.1. The third-order valence-corrected chi connectivity index (χ3v) is 4.20. The Balaban J connectivity index is 1.71. The number of aryl methyl sites for hydroxylation is 1. The van der Waals surface area contributed by atoms with Crippen LogP contribution in [0.3, 0.4) is 0 Å². The molecule has 3 rings (SSSR count). The van der Waals surface area contributed by atoms with E-state index in [0.29, 0.717) is 21.3 Å². The summed E-state index contributed by atoms with van der Waals surface area (Å²) in [6, 6.07) is 11.5. The van der Waals surface area contributed by atoms with E-state index in [-0.39, 0.29) is 11.4 Å². The van der Waals surface area contributed by atoms with Gasteiger partial charge in [0.15, 0.2) is 0 Å². The Hall–Kier alpha value is -2.83. The number of aromatic nitrogens is 2. The van der Waals surface area contributed by atoms with Crippen LogP contribution < -0.4 is 5.43 Å². The van der Waals surface area contributed by atoms with Gasteiger partial charge in [0.2, 0.25) is 0 Å². The molecule has 0 saturated heterocycles. The fourth-order valence-electron chi connectivity index (χ4n) is 2.30. The van der Waals surface area contributed by atoms with Gasteiger partial charge < -0.3 is 5.11 Å². The molecular weight excluding hydrogens is 375 g/mol. The number of aromatic amines is 1. The van der Waals surface area contributed by atoms with E-state index in [0.717, 1.165) is 11.1 Å². The topological polar surface area (TPSA) is 90.4 Å². The summed E-state index contributed by atoms with van der Waals surface area (Å²) in [5.74, 6) is -0.268. The second-order valence-electron chi connectivity index (χ2n) is 5.53. The van der Waals surface area contributed by atoms with Gasteiger partial charge in [0.05, 0.1) is 16.9 Å². The average molecular weight is 389 g/mol. The van der Waals surface area contributed by atoms with Gasteiger partial charge in [-0.15, -0.1) is 0 Å². The molecule has 0 aliphatic heterocycles. The predicted octanol–water partition coefficient (Wildman–Crippen LogP) is 4.16. The highest BCUT2D eigenvalue weighted by atomic mass is 35.5. The Morgan fingerprint density at radius 3 is 2.77 bits per heavy atom. The van der Waals surface area contributed by atoms with Crippen molar-refractivity contribution in [1.82, 2.24) is 15.6 Å². The minimum atomic E-state index is -0.443. The lowest BCUT2D eigenvalue weighted by molar-refractivity contribution is 0.0950. The number of carbonyl (C=O) groups is 1. The smallest absolute Gasteiger partial charge is 0.289 e. The molecule has 8 heteroatoms. The largest absolute Gasteiger partial charge is 0.508 e. The van der Waals surface area contributed by atoms with Crippen molar-refractivity contribution in [3.8, 4) is 17.0 Å². The maximum atomic E-state index is 12.2. The first kappa shape index (κ1) is 18.0. The van der Waals surface area contributed by atoms with Crippen molar-refractivity contribution in [2.24, 2.45) is 5.10 Å². The molecule has 3 aromatic rings. The van der Waals surface area contributed by atoms with Gasteiger partial charge in [0.25, 0.3) is 5.91 Å². The molecule has 1 amide bonds. The fourth-order valence-corrected chi connectivity index (χ4v) is 2.80. The van der Waals surface area contributed by atoms with Gasteiger partial charge in [-0.1, -0.05) is 23.2 Å². The Labute approximate surface area is 159 Å². The van der Waals surface area contributed by atoms with E-state index in [1.807, 2.05) is 6.92 Å². The summed E-state index contributed by atoms with van der Waals surface area (Å²) in [5, 5.41) is 21.0. The number of nitrogens with one attached hydrogen (secondary N) is 2. The molecule has 132 valence electrons. The van der Waals surface area contributed by atoms with Crippen LogP contribution >= 0.6 is 23.2 Å². The normalized spacial score (nSPS) is 11.0. The lowest BCUT2D eigenvalue weighted by Crippen LogP contribution is -2.18. The summed E-state index contributed by atoms with van der Waals surface area (Å²) in [4.78, 5) is 12.2. The number of hydrogen-bond acceptors (Lipinski definition) is 4. The number of phenolic OH excluding ortho intramolecular Hbond substituents is 1. The number of amides is 1. The number of aromatic hydroxyl groups is 1. The third kappa shape index (κ3) is 4.04. The van der Waals surface area contributed by atoms with Gasteiger partial charge in [-0.25, -0.2) is 5.43 Å². The number of phenols is 1. The van der Waals surface area contributed by atoms with E-state index in [1.54, 1.807) is 42.5 Å². The van der Waals surface area contributed by atoms with Gasteiger partial charge in [-0.2, -0.15) is 10.2 Å². The summed E-state index contributed by atoms with van der Waals surface area (Å²) in [6.45, 7) is 1.83. The van der Waals surface area contributed by atoms with Gasteiger partial charge in [0, 0.05) is 10.6 Å². The number of hydrazone groups is 1. The minimum Gasteiger partial charge on any atom is -0.508 e. The SMILES string of the molecule is Cc1cc(O)ccc1/C=N/NC(=O)c1cc(-c2ccc(Cl)cc2Cl)n[nH]1. The number of carbonyl (C=O) groups excluding carboxylic acids is 1. The minimum absolute atomic E-state index is 0.175. The molecule has 0 radical (unpaired) electrons. The Morgan fingerprint density at radius 2 is 2.04 bits per heavy atom. The highest BCUT2D eigenvalue weighted by Gasteiger charge is 2.12. The summed E-state index contributed by atoms with van der Waals surface area (Å²) in [7, 11) is 0. The van der Waals surface area contributed by atoms with Gasteiger partial charge in [0.1, 0.15) is 11.4 Å². The van der Waals surface area contributed by atoms with Crippen LogP contribution in [0.5, 0.6) is 5.75 Å². The molecule has 0 unspecified atom stereocenters. The summed E-state index contributed by atoms with van der Waals surface area (Å²) < 4.78 is 0. The third-order valence-electron chi connectivity index (χ3n) is 3.65. The monoisotopic (exact) mass is 388 g/mol. The summed E-state index contributed by atoms with van der Waals surface area (Å²) in [6.07, 6.45) is 1.50. The average Bonchev–Trinajstić information content (AvgIpc) is 3.06. The predicted molar refractivity (Wildman–Crippen MR) is 102 cm³/mol. The molecule has 0 fully saturated rings. The first-order valence-electron chi connectivity index (χ1n) is 7.58. The van der Waals surface area contributed by atoms with E-state index in [9.17, 15) is 9.90 Å². The molecule has 26 heavy (non-hydrogen) atoms. The summed E-state index contributed by atoms with van der Waals surface area (Å²) in [5.41, 5.74) is 5.46. The molecule has 0 atom stereocenters. The molecule has 0 aliphatic carbocycles. The first-order chi connectivity index (χ1) is 12.4. The van der Waals surface area contributed by atoms with Crippen LogP contribution in [0.4, 0.5) is 0 Å². The summed E-state index contributed by atoms with van der Waals surface area (Å²) >= 11 is 12.0. The lowest BCUT2D eigenvalue weighted by Gasteiger charge is -2.01. The zero-order chi connectivity index (χ0) is 18.7. The van der Waals surface area contributed by atoms with Crippen molar-refractivity contribution in [1.29, 1.82) is 0 Å². The van der Waals surface area contributed by atoms with E-state index < -0.39 is 5.91 Å². The highest BCUT2D eigenvalue weighted by molar-refractivity contribution is 6.36. The second kappa shape index (κ2) is 7.59. The fraction of sp³-hybridized carbons (Fsp3) is 0.0556. The van der Waals surface area contributed by atoms with E-state index >= 15 is 0 Å². The van der Waals surface area contributed by atoms with E-state index in [4.69, 9.17) is 23.2 Å². The van der Waals surface area contributed by atoms with Crippen molar-refractivity contribution in [3.05, 3.63) is 69.3 Å². The molecule has 0 aliphatic rings. The van der Waals surface area contributed by atoms with Gasteiger partial charge >= 0.3 is 0 Å². The van der Waals surface area contributed by atoms with Gasteiger partial charge in [-0.05, 0) is 60.5 Å². The molecule has 1 aromatic heterocycles. The number of nitrogens with zero attached hydrogens (tertiary/aromatic N) is 2. The first-order valence-corrected chi connectivity index (χ1v) is 8.33. The van der Waals surface area contributed by atoms with E-state index in [1.165, 1.54) is 6.21 Å². The molecule has 2 aromatic carbocycles. The van der Waals surface area contributed by atoms with Crippen LogP contribution in [0.2, 0.25) is 10.0 Å². The Morgan fingerprint density at radius 1 is 1.23 bits per heavy atom. The molecule has 6 nitrogen and oxygen atoms in total. The highest BCUT2D eigenvalue weighted by Crippen LogP contribution is 2.29. The number of halogens is 2. The van der Waals surface area contributed by atoms with Crippen molar-refractivity contribution in [2.75, 3.05) is 0 Å². The maximum absolute atomic E-state index is 12.2. The molecule has 1 heterocycles. The van der Waals surface area contributed by atoms with E-state index in [2.05, 4.69) is 20.7 Å². The standard InChI is InChI=1S/C18H14Cl2N4O2/c1-10-6-13(25)4-2-11(10)9-21-24-18(26)17-8-16(22-23-17)14-5-3-12(19)7-15(14)20/h2-9,25H,1H3,(H,22,23)(H,24,26)/b21-9+. The number of H-pyrrole nitrogens is 1. The van der Waals surface area contributed by atoms with Crippen LogP contribution in [-0.2, 0) is 0 Å². The molecule has 0 spiro atoms. The van der Waals surface area contributed by atoms with Crippen molar-refractivity contribution in [2.45, 2.75) is 6.92 Å². The van der Waals surface area contributed by atoms with Crippen LogP contribution in [-0.4, -0.2) is 27.4 Å². The van der Waals surface area contributed by atoms with Crippen LogP contribution in [0.1, 0.15) is 21.6 Å². The molecule has 3 N–H and O–H groups in total. The molecule has 0 saturated carbocycles. The van der Waals surface area contributed by atoms with Crippen LogP contribution in [0.25, 0.3) is 11.3 Å². The molecular formula is C18H14Cl2N4O2. The quantitative estimate of drug-likeness (QED) is 0.462. The van der Waals surface area contributed by atoms with Crippen molar-refractivity contribution in [3.63, 3.8) is 0 Å². The van der Waals surface area contributed by atoms with Crippen molar-refractivity contribution >= 4 is 35.3 Å². The second-order valence-corrected chi connectivity index (χ2v) is 6.37. The number of benzene rings is 2. The Kier molecular flexibility index (Phi) is 5.25. The Bertz CT molecular complexity index is 999. The van der Waals surface area contributed by atoms with Crippen LogP contribution in [0.15, 0.2) is 47.6 Å². The van der Waals surface area contributed by atoms with Crippen LogP contribution in [0, 0.1) is 6.92 Å². The van der Waals surface area contributed by atoms with Gasteiger partial charge in [-0.3, -0.25) is 9.89 Å². The van der Waals surface area contributed by atoms with Crippen molar-refractivity contribution < 1.29 is 9.90 Å². The zero-order valence-electron chi connectivity index (χ0n) is 13.6. The lowest BCUT2D eigenvalue weighted by atomic mass is 10.1. The molecule has 0 bridgehead atoms. The number of rotatable bonds is 4. The maximum Gasteiger partial charge on any atom is 0.289 e.